The summed E-state index contributed by atoms with van der Waals surface area (Å²) < 4.78 is 32.0. The van der Waals surface area contributed by atoms with E-state index in [0.717, 1.165) is 5.56 Å². The van der Waals surface area contributed by atoms with Gasteiger partial charge in [-0.2, -0.15) is 5.26 Å². The Hall–Kier alpha value is -2.07. The molecular formula is C15H13ClN2O3S. The molecule has 0 saturated heterocycles. The molecular weight excluding hydrogens is 324 g/mol. The maximum Gasteiger partial charge on any atom is 0.240 e. The minimum absolute atomic E-state index is 0.00182. The number of halogens is 1. The summed E-state index contributed by atoms with van der Waals surface area (Å²) in [4.78, 5) is 0.00182. The smallest absolute Gasteiger partial charge is 0.240 e. The van der Waals surface area contributed by atoms with Gasteiger partial charge in [-0.1, -0.05) is 23.7 Å². The minimum Gasteiger partial charge on any atom is -0.497 e. The van der Waals surface area contributed by atoms with Crippen molar-refractivity contribution in [1.29, 1.82) is 5.26 Å². The van der Waals surface area contributed by atoms with E-state index in [1.54, 1.807) is 31.4 Å². The number of rotatable bonds is 5. The minimum atomic E-state index is -3.71. The zero-order chi connectivity index (χ0) is 16.2. The van der Waals surface area contributed by atoms with Crippen molar-refractivity contribution < 1.29 is 13.2 Å². The average molecular weight is 337 g/mol. The third kappa shape index (κ3) is 3.77. The van der Waals surface area contributed by atoms with Crippen molar-refractivity contribution in [2.45, 2.75) is 11.4 Å². The van der Waals surface area contributed by atoms with Crippen molar-refractivity contribution in [3.05, 3.63) is 58.6 Å². The van der Waals surface area contributed by atoms with Gasteiger partial charge in [0.25, 0.3) is 0 Å². The van der Waals surface area contributed by atoms with Crippen LogP contribution in [0, 0.1) is 11.3 Å². The molecule has 114 valence electrons. The Morgan fingerprint density at radius 3 is 2.50 bits per heavy atom. The zero-order valence-corrected chi connectivity index (χ0v) is 13.3. The molecule has 1 N–H and O–H groups in total. The largest absolute Gasteiger partial charge is 0.497 e. The predicted molar refractivity (Wildman–Crippen MR) is 83.2 cm³/mol. The number of nitrogens with one attached hydrogen (secondary N) is 1. The number of nitriles is 1. The van der Waals surface area contributed by atoms with Crippen LogP contribution in [0.2, 0.25) is 5.02 Å². The molecule has 22 heavy (non-hydrogen) atoms. The fraction of sp³-hybridized carbons (Fsp3) is 0.133. The summed E-state index contributed by atoms with van der Waals surface area (Å²) in [5, 5.41) is 9.12. The molecule has 0 spiro atoms. The molecule has 0 unspecified atom stereocenters. The lowest BCUT2D eigenvalue weighted by molar-refractivity contribution is 0.414. The van der Waals surface area contributed by atoms with Crippen LogP contribution in [0.4, 0.5) is 0 Å². The van der Waals surface area contributed by atoms with Crippen LogP contribution in [0.25, 0.3) is 0 Å². The number of ether oxygens (including phenoxy) is 1. The first-order valence-corrected chi connectivity index (χ1v) is 8.14. The van der Waals surface area contributed by atoms with E-state index in [-0.39, 0.29) is 22.0 Å². The van der Waals surface area contributed by atoms with Crippen LogP contribution in [-0.4, -0.2) is 15.5 Å². The molecule has 0 aliphatic carbocycles. The summed E-state index contributed by atoms with van der Waals surface area (Å²) in [5.74, 6) is 0.697. The molecule has 0 aliphatic heterocycles. The second-order valence-corrected chi connectivity index (χ2v) is 6.60. The Morgan fingerprint density at radius 1 is 1.23 bits per heavy atom. The lowest BCUT2D eigenvalue weighted by atomic mass is 10.2. The van der Waals surface area contributed by atoms with E-state index in [1.165, 1.54) is 18.2 Å². The molecule has 5 nitrogen and oxygen atoms in total. The van der Waals surface area contributed by atoms with E-state index in [1.807, 2.05) is 6.07 Å². The summed E-state index contributed by atoms with van der Waals surface area (Å²) in [6.45, 7) is 0.136. The number of methoxy groups -OCH3 is 1. The van der Waals surface area contributed by atoms with Gasteiger partial charge in [-0.3, -0.25) is 0 Å². The number of sulfonamides is 1. The zero-order valence-electron chi connectivity index (χ0n) is 11.7. The van der Waals surface area contributed by atoms with Gasteiger partial charge in [0.2, 0.25) is 10.0 Å². The topological polar surface area (TPSA) is 79.2 Å². The molecule has 0 heterocycles. The van der Waals surface area contributed by atoms with Crippen LogP contribution in [0.15, 0.2) is 47.4 Å². The lowest BCUT2D eigenvalue weighted by Crippen LogP contribution is -2.23. The van der Waals surface area contributed by atoms with Crippen LogP contribution in [0.1, 0.15) is 11.1 Å². The predicted octanol–water partition coefficient (Wildman–Crippen LogP) is 2.70. The normalized spacial score (nSPS) is 11.0. The fourth-order valence-electron chi connectivity index (χ4n) is 1.76. The van der Waals surface area contributed by atoms with E-state index in [9.17, 15) is 8.42 Å². The van der Waals surface area contributed by atoms with E-state index in [0.29, 0.717) is 5.75 Å². The first kappa shape index (κ1) is 16.3. The van der Waals surface area contributed by atoms with E-state index in [2.05, 4.69) is 4.72 Å². The maximum atomic E-state index is 12.2. The summed E-state index contributed by atoms with van der Waals surface area (Å²) in [6, 6.07) is 12.9. The molecule has 0 bridgehead atoms. The van der Waals surface area contributed by atoms with Gasteiger partial charge in [0.15, 0.2) is 0 Å². The number of hydrogen-bond acceptors (Lipinski definition) is 4. The standard InChI is InChI=1S/C15H13ClN2O3S/c1-21-13-4-2-11(3-5-13)10-18-22(19,20)14-6-7-15(16)12(8-14)9-17/h2-8,18H,10H2,1H3. The van der Waals surface area contributed by atoms with Gasteiger partial charge in [0, 0.05) is 6.54 Å². The summed E-state index contributed by atoms with van der Waals surface area (Å²) in [5.41, 5.74) is 0.910. The lowest BCUT2D eigenvalue weighted by Gasteiger charge is -2.08. The third-order valence-electron chi connectivity index (χ3n) is 2.99. The molecule has 0 amide bonds. The van der Waals surface area contributed by atoms with Crippen molar-refractivity contribution in [1.82, 2.24) is 4.72 Å². The highest BCUT2D eigenvalue weighted by molar-refractivity contribution is 7.89. The van der Waals surface area contributed by atoms with Gasteiger partial charge in [-0.25, -0.2) is 13.1 Å². The quantitative estimate of drug-likeness (QED) is 0.910. The highest BCUT2D eigenvalue weighted by Crippen LogP contribution is 2.20. The molecule has 0 saturated carbocycles. The highest BCUT2D eigenvalue weighted by Gasteiger charge is 2.15. The molecule has 2 rings (SSSR count). The second-order valence-electron chi connectivity index (χ2n) is 4.43. The summed E-state index contributed by atoms with van der Waals surface area (Å²) in [7, 11) is -2.15. The van der Waals surface area contributed by atoms with Crippen molar-refractivity contribution in [2.75, 3.05) is 7.11 Å². The number of benzene rings is 2. The average Bonchev–Trinajstić information content (AvgIpc) is 2.53. The van der Waals surface area contributed by atoms with Crippen LogP contribution in [-0.2, 0) is 16.6 Å². The fourth-order valence-corrected chi connectivity index (χ4v) is 2.97. The van der Waals surface area contributed by atoms with Gasteiger partial charge >= 0.3 is 0 Å². The van der Waals surface area contributed by atoms with Crippen LogP contribution in [0.5, 0.6) is 5.75 Å². The molecule has 2 aromatic rings. The molecule has 0 atom stereocenters. The van der Waals surface area contributed by atoms with Gasteiger partial charge in [-0.05, 0) is 35.9 Å². The Kier molecular flexibility index (Phi) is 5.03. The second kappa shape index (κ2) is 6.79. The number of hydrogen-bond donors (Lipinski definition) is 1. The molecule has 7 heteroatoms. The van der Waals surface area contributed by atoms with Crippen molar-refractivity contribution in [2.24, 2.45) is 0 Å². The third-order valence-corrected chi connectivity index (χ3v) is 4.72. The molecule has 0 fully saturated rings. The first-order chi connectivity index (χ1) is 10.5. The van der Waals surface area contributed by atoms with Crippen LogP contribution in [0.3, 0.4) is 0 Å². The molecule has 0 aliphatic rings. The van der Waals surface area contributed by atoms with Gasteiger partial charge < -0.3 is 4.74 Å². The Balaban J connectivity index is 2.15. The van der Waals surface area contributed by atoms with Gasteiger partial charge in [0.1, 0.15) is 11.8 Å². The van der Waals surface area contributed by atoms with Gasteiger partial charge in [-0.15, -0.1) is 0 Å². The first-order valence-electron chi connectivity index (χ1n) is 6.28. The Morgan fingerprint density at radius 2 is 1.91 bits per heavy atom. The van der Waals surface area contributed by atoms with E-state index in [4.69, 9.17) is 21.6 Å². The maximum absolute atomic E-state index is 12.2. The van der Waals surface area contributed by atoms with Crippen molar-refractivity contribution >= 4 is 21.6 Å². The summed E-state index contributed by atoms with van der Waals surface area (Å²) >= 11 is 5.80. The molecule has 0 aromatic heterocycles. The Bertz CT molecular complexity index is 812. The van der Waals surface area contributed by atoms with Crippen LogP contribution < -0.4 is 9.46 Å². The summed E-state index contributed by atoms with van der Waals surface area (Å²) in [6.07, 6.45) is 0. The van der Waals surface area contributed by atoms with Gasteiger partial charge in [0.05, 0.1) is 22.6 Å². The Labute approximate surface area is 134 Å². The molecule has 2 aromatic carbocycles. The monoisotopic (exact) mass is 336 g/mol. The van der Waals surface area contributed by atoms with Crippen LogP contribution >= 0.6 is 11.6 Å². The van der Waals surface area contributed by atoms with Crippen molar-refractivity contribution in [3.63, 3.8) is 0 Å². The molecule has 0 radical (unpaired) electrons. The number of nitrogens with zero attached hydrogens (tertiary/aromatic N) is 1. The van der Waals surface area contributed by atoms with E-state index >= 15 is 0 Å². The van der Waals surface area contributed by atoms with E-state index < -0.39 is 10.0 Å². The van der Waals surface area contributed by atoms with Crippen molar-refractivity contribution in [3.8, 4) is 11.8 Å². The SMILES string of the molecule is COc1ccc(CNS(=O)(=O)c2ccc(Cl)c(C#N)c2)cc1. The highest BCUT2D eigenvalue weighted by atomic mass is 35.5.